The number of rotatable bonds is 3. The SMILES string of the molecule is Cc1cc[c]cc1Cc1nc(-c2cccnc2)cs1. The second-order valence-electron chi connectivity index (χ2n) is 4.40. The molecule has 2 heterocycles. The van der Waals surface area contributed by atoms with Crippen molar-refractivity contribution in [1.29, 1.82) is 0 Å². The van der Waals surface area contributed by atoms with Gasteiger partial charge in [-0.25, -0.2) is 4.98 Å². The summed E-state index contributed by atoms with van der Waals surface area (Å²) in [5.41, 5.74) is 4.65. The highest BCUT2D eigenvalue weighted by Crippen LogP contribution is 2.23. The summed E-state index contributed by atoms with van der Waals surface area (Å²) in [7, 11) is 0. The summed E-state index contributed by atoms with van der Waals surface area (Å²) in [5.74, 6) is 0. The van der Waals surface area contributed by atoms with Gasteiger partial charge in [0.05, 0.1) is 10.7 Å². The van der Waals surface area contributed by atoms with E-state index in [0.29, 0.717) is 0 Å². The van der Waals surface area contributed by atoms with Crippen molar-refractivity contribution in [3.63, 3.8) is 0 Å². The summed E-state index contributed by atoms with van der Waals surface area (Å²) in [6.45, 7) is 2.12. The molecule has 0 saturated carbocycles. The van der Waals surface area contributed by atoms with Crippen molar-refractivity contribution < 1.29 is 0 Å². The van der Waals surface area contributed by atoms with Gasteiger partial charge in [0.2, 0.25) is 0 Å². The second-order valence-corrected chi connectivity index (χ2v) is 5.34. The van der Waals surface area contributed by atoms with Gasteiger partial charge < -0.3 is 0 Å². The minimum Gasteiger partial charge on any atom is -0.264 e. The summed E-state index contributed by atoms with van der Waals surface area (Å²) in [6, 6.07) is 13.2. The van der Waals surface area contributed by atoms with Gasteiger partial charge in [0, 0.05) is 29.8 Å². The van der Waals surface area contributed by atoms with Crippen LogP contribution in [-0.2, 0) is 6.42 Å². The summed E-state index contributed by atoms with van der Waals surface area (Å²) in [6.07, 6.45) is 4.49. The Morgan fingerprint density at radius 1 is 1.32 bits per heavy atom. The number of thiazole rings is 1. The van der Waals surface area contributed by atoms with E-state index in [1.165, 1.54) is 11.1 Å². The molecule has 93 valence electrons. The van der Waals surface area contributed by atoms with Crippen molar-refractivity contribution >= 4 is 11.3 Å². The fourth-order valence-electron chi connectivity index (χ4n) is 1.94. The molecule has 2 aromatic heterocycles. The van der Waals surface area contributed by atoms with E-state index in [1.807, 2.05) is 30.5 Å². The maximum Gasteiger partial charge on any atom is 0.0976 e. The molecule has 0 aliphatic rings. The van der Waals surface area contributed by atoms with Gasteiger partial charge in [0.15, 0.2) is 0 Å². The molecule has 0 unspecified atom stereocenters. The van der Waals surface area contributed by atoms with Crippen LogP contribution in [0.2, 0.25) is 0 Å². The van der Waals surface area contributed by atoms with Crippen LogP contribution in [0.3, 0.4) is 0 Å². The third-order valence-electron chi connectivity index (χ3n) is 3.04. The van der Waals surface area contributed by atoms with Crippen LogP contribution in [0, 0.1) is 13.0 Å². The van der Waals surface area contributed by atoms with E-state index in [-0.39, 0.29) is 0 Å². The predicted molar refractivity (Wildman–Crippen MR) is 78.2 cm³/mol. The van der Waals surface area contributed by atoms with Gasteiger partial charge in [-0.15, -0.1) is 11.3 Å². The Balaban J connectivity index is 1.85. The lowest BCUT2D eigenvalue weighted by molar-refractivity contribution is 1.11. The number of nitrogens with zero attached hydrogens (tertiary/aromatic N) is 2. The lowest BCUT2D eigenvalue weighted by Crippen LogP contribution is -1.91. The molecule has 0 aliphatic carbocycles. The molecule has 0 N–H and O–H groups in total. The van der Waals surface area contributed by atoms with Crippen LogP contribution < -0.4 is 0 Å². The molecule has 1 aromatic carbocycles. The van der Waals surface area contributed by atoms with Gasteiger partial charge in [-0.3, -0.25) is 4.98 Å². The van der Waals surface area contributed by atoms with E-state index >= 15 is 0 Å². The van der Waals surface area contributed by atoms with Gasteiger partial charge >= 0.3 is 0 Å². The standard InChI is InChI=1S/C16H13N2S/c1-12-5-2-3-6-13(12)9-16-18-15(11-19-16)14-7-4-8-17-10-14/h2,4-8,10-11H,9H2,1H3. The molecule has 0 aliphatic heterocycles. The average Bonchev–Trinajstić information content (AvgIpc) is 2.91. The van der Waals surface area contributed by atoms with Gasteiger partial charge in [0.1, 0.15) is 0 Å². The number of pyridine rings is 1. The molecule has 2 nitrogen and oxygen atoms in total. The summed E-state index contributed by atoms with van der Waals surface area (Å²) in [5, 5.41) is 3.22. The van der Waals surface area contributed by atoms with E-state index in [1.54, 1.807) is 17.5 Å². The molecule has 1 radical (unpaired) electrons. The van der Waals surface area contributed by atoms with Crippen LogP contribution in [0.1, 0.15) is 16.1 Å². The summed E-state index contributed by atoms with van der Waals surface area (Å²) in [4.78, 5) is 8.81. The van der Waals surface area contributed by atoms with Crippen LogP contribution in [0.4, 0.5) is 0 Å². The van der Waals surface area contributed by atoms with E-state index < -0.39 is 0 Å². The van der Waals surface area contributed by atoms with Gasteiger partial charge in [-0.1, -0.05) is 18.2 Å². The molecule has 0 saturated heterocycles. The minimum atomic E-state index is 0.869. The zero-order valence-corrected chi connectivity index (χ0v) is 11.4. The van der Waals surface area contributed by atoms with E-state index in [2.05, 4.69) is 34.4 Å². The molecule has 0 spiro atoms. The highest BCUT2D eigenvalue weighted by atomic mass is 32.1. The highest BCUT2D eigenvalue weighted by molar-refractivity contribution is 7.10. The highest BCUT2D eigenvalue weighted by Gasteiger charge is 2.06. The lowest BCUT2D eigenvalue weighted by Gasteiger charge is -2.01. The predicted octanol–water partition coefficient (Wildman–Crippen LogP) is 3.90. The first-order chi connectivity index (χ1) is 9.33. The lowest BCUT2D eigenvalue weighted by atomic mass is 10.1. The Labute approximate surface area is 116 Å². The molecule has 0 bridgehead atoms. The smallest absolute Gasteiger partial charge is 0.0976 e. The Hall–Kier alpha value is -2.00. The van der Waals surface area contributed by atoms with Gasteiger partial charge in [0.25, 0.3) is 0 Å². The van der Waals surface area contributed by atoms with E-state index in [4.69, 9.17) is 0 Å². The van der Waals surface area contributed by atoms with Crippen LogP contribution in [0.15, 0.2) is 48.1 Å². The zero-order chi connectivity index (χ0) is 13.1. The number of hydrogen-bond donors (Lipinski definition) is 0. The molecule has 3 aromatic rings. The molecule has 3 heteroatoms. The average molecular weight is 265 g/mol. The minimum absolute atomic E-state index is 0.869. The summed E-state index contributed by atoms with van der Waals surface area (Å²) >= 11 is 1.70. The second kappa shape index (κ2) is 5.33. The summed E-state index contributed by atoms with van der Waals surface area (Å²) < 4.78 is 0. The molecule has 3 rings (SSSR count). The van der Waals surface area contributed by atoms with Crippen molar-refractivity contribution in [3.05, 3.63) is 70.3 Å². The van der Waals surface area contributed by atoms with Crippen molar-refractivity contribution in [1.82, 2.24) is 9.97 Å². The first-order valence-electron chi connectivity index (χ1n) is 6.13. The fourth-order valence-corrected chi connectivity index (χ4v) is 2.76. The van der Waals surface area contributed by atoms with E-state index in [0.717, 1.165) is 22.7 Å². The third-order valence-corrected chi connectivity index (χ3v) is 3.89. The largest absolute Gasteiger partial charge is 0.264 e. The third kappa shape index (κ3) is 2.71. The first kappa shape index (κ1) is 12.1. The van der Waals surface area contributed by atoms with Crippen molar-refractivity contribution in [3.8, 4) is 11.3 Å². The van der Waals surface area contributed by atoms with Gasteiger partial charge in [-0.05, 0) is 36.2 Å². The number of aryl methyl sites for hydroxylation is 1. The van der Waals surface area contributed by atoms with Crippen molar-refractivity contribution in [2.24, 2.45) is 0 Å². The molecule has 0 atom stereocenters. The molecular formula is C16H13N2S. The fraction of sp³-hybridized carbons (Fsp3) is 0.125. The molecule has 0 amide bonds. The van der Waals surface area contributed by atoms with Crippen LogP contribution in [0.5, 0.6) is 0 Å². The maximum atomic E-state index is 4.68. The van der Waals surface area contributed by atoms with Gasteiger partial charge in [-0.2, -0.15) is 0 Å². The first-order valence-corrected chi connectivity index (χ1v) is 7.01. The number of benzene rings is 1. The zero-order valence-electron chi connectivity index (χ0n) is 10.6. The molecule has 19 heavy (non-hydrogen) atoms. The topological polar surface area (TPSA) is 25.8 Å². The van der Waals surface area contributed by atoms with Crippen LogP contribution >= 0.6 is 11.3 Å². The maximum absolute atomic E-state index is 4.68. The number of aromatic nitrogens is 2. The van der Waals surface area contributed by atoms with Crippen molar-refractivity contribution in [2.45, 2.75) is 13.3 Å². The Morgan fingerprint density at radius 3 is 3.05 bits per heavy atom. The van der Waals surface area contributed by atoms with E-state index in [9.17, 15) is 0 Å². The Bertz CT molecular complexity index is 674. The quantitative estimate of drug-likeness (QED) is 0.717. The molecule has 0 fully saturated rings. The monoisotopic (exact) mass is 265 g/mol. The normalized spacial score (nSPS) is 10.6. The van der Waals surface area contributed by atoms with Crippen molar-refractivity contribution in [2.75, 3.05) is 0 Å². The Kier molecular flexibility index (Phi) is 3.38. The van der Waals surface area contributed by atoms with Crippen LogP contribution in [0.25, 0.3) is 11.3 Å². The Morgan fingerprint density at radius 2 is 2.26 bits per heavy atom. The molecular weight excluding hydrogens is 252 g/mol. The number of hydrogen-bond acceptors (Lipinski definition) is 3. The van der Waals surface area contributed by atoms with Crippen LogP contribution in [-0.4, -0.2) is 9.97 Å².